The Morgan fingerprint density at radius 3 is 2.59 bits per heavy atom. The van der Waals surface area contributed by atoms with Gasteiger partial charge in [0.15, 0.2) is 5.65 Å². The summed E-state index contributed by atoms with van der Waals surface area (Å²) in [7, 11) is 0. The highest BCUT2D eigenvalue weighted by Gasteiger charge is 2.40. The minimum absolute atomic E-state index is 0.0549. The van der Waals surface area contributed by atoms with Crippen LogP contribution in [0, 0.1) is 10.8 Å². The molecule has 27 heavy (non-hydrogen) atoms. The summed E-state index contributed by atoms with van der Waals surface area (Å²) in [4.78, 5) is 23.8. The summed E-state index contributed by atoms with van der Waals surface area (Å²) >= 11 is 0. The number of fused-ring (bicyclic) bond motifs is 1. The molecule has 0 aliphatic carbocycles. The van der Waals surface area contributed by atoms with E-state index in [1.807, 2.05) is 30.5 Å². The predicted octanol–water partition coefficient (Wildman–Crippen LogP) is 2.92. The van der Waals surface area contributed by atoms with Gasteiger partial charge in [0.1, 0.15) is 23.8 Å². The molecule has 1 aliphatic heterocycles. The van der Waals surface area contributed by atoms with Crippen molar-refractivity contribution in [3.8, 4) is 0 Å². The largest absolute Gasteiger partial charge is 0.390 e. The number of hydrogen-bond acceptors (Lipinski definition) is 7. The van der Waals surface area contributed by atoms with Gasteiger partial charge in [0, 0.05) is 5.92 Å². The lowest BCUT2D eigenvalue weighted by Gasteiger charge is -2.17. The first-order valence-corrected chi connectivity index (χ1v) is 9.00. The van der Waals surface area contributed by atoms with Crippen LogP contribution in [0.1, 0.15) is 31.3 Å². The number of aliphatic hydroxyl groups is 1. The van der Waals surface area contributed by atoms with Crippen LogP contribution in [-0.4, -0.2) is 36.8 Å². The van der Waals surface area contributed by atoms with Crippen LogP contribution < -0.4 is 0 Å². The van der Waals surface area contributed by atoms with Crippen molar-refractivity contribution in [2.75, 3.05) is 0 Å². The molecule has 1 N–H and O–H groups in total. The van der Waals surface area contributed by atoms with Gasteiger partial charge in [-0.2, -0.15) is 0 Å². The summed E-state index contributed by atoms with van der Waals surface area (Å²) < 4.78 is 7.78. The molecule has 2 aromatic heterocycles. The molecule has 4 atom stereocenters. The summed E-state index contributed by atoms with van der Waals surface area (Å²) in [6, 6.07) is 7.20. The van der Waals surface area contributed by atoms with Gasteiger partial charge in [-0.15, -0.1) is 4.91 Å². The van der Waals surface area contributed by atoms with Crippen LogP contribution in [0.3, 0.4) is 0 Å². The zero-order valence-electron chi connectivity index (χ0n) is 15.2. The minimum atomic E-state index is -0.516. The van der Waals surface area contributed by atoms with Crippen LogP contribution in [-0.2, 0) is 17.6 Å². The Labute approximate surface area is 156 Å². The molecule has 0 spiro atoms. The van der Waals surface area contributed by atoms with E-state index in [-0.39, 0.29) is 18.2 Å². The number of aromatic nitrogens is 4. The highest BCUT2D eigenvalue weighted by Crippen LogP contribution is 2.35. The number of ether oxygens (including phenoxy) is 1. The molecule has 1 saturated heterocycles. The molecule has 0 unspecified atom stereocenters. The minimum Gasteiger partial charge on any atom is -0.390 e. The van der Waals surface area contributed by atoms with Crippen molar-refractivity contribution in [2.45, 2.75) is 45.1 Å². The van der Waals surface area contributed by atoms with E-state index < -0.39 is 6.10 Å². The Morgan fingerprint density at radius 1 is 1.15 bits per heavy atom. The SMILES string of the molecule is C[C@@H]1[C@H](O)[C@@H](C)O[C@H]1n1cnc2c(CCc3ccc(N=O)cc3)ncnc21. The van der Waals surface area contributed by atoms with Gasteiger partial charge in [0.05, 0.1) is 24.2 Å². The average Bonchev–Trinajstić information content (AvgIpc) is 3.23. The van der Waals surface area contributed by atoms with E-state index in [9.17, 15) is 10.0 Å². The molecule has 3 heterocycles. The molecule has 1 fully saturated rings. The molecule has 8 heteroatoms. The number of aliphatic hydroxyl groups excluding tert-OH is 1. The Bertz CT molecular complexity index is 956. The molecule has 0 saturated carbocycles. The van der Waals surface area contributed by atoms with Crippen molar-refractivity contribution >= 4 is 16.9 Å². The monoisotopic (exact) mass is 367 g/mol. The number of benzene rings is 1. The highest BCUT2D eigenvalue weighted by atomic mass is 16.5. The van der Waals surface area contributed by atoms with Crippen LogP contribution in [0.25, 0.3) is 11.2 Å². The molecule has 4 rings (SSSR count). The smallest absolute Gasteiger partial charge is 0.165 e. The maximum atomic E-state index is 10.5. The van der Waals surface area contributed by atoms with Gasteiger partial charge in [-0.3, -0.25) is 4.57 Å². The fourth-order valence-corrected chi connectivity index (χ4v) is 3.60. The zero-order chi connectivity index (χ0) is 19.0. The quantitative estimate of drug-likeness (QED) is 0.696. The zero-order valence-corrected chi connectivity index (χ0v) is 15.2. The number of hydrogen-bond donors (Lipinski definition) is 1. The van der Waals surface area contributed by atoms with Gasteiger partial charge in [-0.1, -0.05) is 19.1 Å². The molecule has 0 radical (unpaired) electrons. The second-order valence-electron chi connectivity index (χ2n) is 6.98. The average molecular weight is 367 g/mol. The van der Waals surface area contributed by atoms with Crippen molar-refractivity contribution in [3.63, 3.8) is 0 Å². The second-order valence-corrected chi connectivity index (χ2v) is 6.98. The molecular formula is C19H21N5O3. The van der Waals surface area contributed by atoms with Gasteiger partial charge in [-0.05, 0) is 42.6 Å². The Hall–Kier alpha value is -2.71. The van der Waals surface area contributed by atoms with E-state index >= 15 is 0 Å². The van der Waals surface area contributed by atoms with Crippen LogP contribution in [0.2, 0.25) is 0 Å². The lowest BCUT2D eigenvalue weighted by atomic mass is 10.0. The fourth-order valence-electron chi connectivity index (χ4n) is 3.60. The van der Waals surface area contributed by atoms with E-state index in [1.54, 1.807) is 18.5 Å². The maximum absolute atomic E-state index is 10.5. The lowest BCUT2D eigenvalue weighted by Crippen LogP contribution is -2.22. The fraction of sp³-hybridized carbons (Fsp3) is 0.421. The van der Waals surface area contributed by atoms with Crippen LogP contribution in [0.4, 0.5) is 5.69 Å². The summed E-state index contributed by atoms with van der Waals surface area (Å²) in [6.45, 7) is 3.83. The molecule has 1 aromatic carbocycles. The molecule has 3 aromatic rings. The highest BCUT2D eigenvalue weighted by molar-refractivity contribution is 5.73. The molecule has 0 bridgehead atoms. The number of rotatable bonds is 5. The third kappa shape index (κ3) is 3.22. The summed E-state index contributed by atoms with van der Waals surface area (Å²) in [5.74, 6) is -0.0549. The van der Waals surface area contributed by atoms with Gasteiger partial charge in [0.2, 0.25) is 0 Å². The first-order valence-electron chi connectivity index (χ1n) is 9.00. The summed E-state index contributed by atoms with van der Waals surface area (Å²) in [5.41, 5.74) is 3.82. The third-order valence-corrected chi connectivity index (χ3v) is 5.22. The van der Waals surface area contributed by atoms with E-state index in [0.717, 1.165) is 23.2 Å². The Morgan fingerprint density at radius 2 is 1.93 bits per heavy atom. The van der Waals surface area contributed by atoms with E-state index in [1.165, 1.54) is 6.33 Å². The first-order chi connectivity index (χ1) is 13.1. The van der Waals surface area contributed by atoms with Crippen LogP contribution >= 0.6 is 0 Å². The van der Waals surface area contributed by atoms with Crippen molar-refractivity contribution in [1.82, 2.24) is 19.5 Å². The van der Waals surface area contributed by atoms with Gasteiger partial charge < -0.3 is 9.84 Å². The number of nitrogens with zero attached hydrogens (tertiary/aromatic N) is 5. The standard InChI is InChI=1S/C19H21N5O3/c1-11-17(25)12(2)27-19(11)24-10-22-16-15(20-9-21-18(16)24)8-5-13-3-6-14(23-26)7-4-13/h3-4,6-7,9-12,17,19,25H,5,8H2,1-2H3/t11-,12-,17+,19-/m1/s1. The van der Waals surface area contributed by atoms with Gasteiger partial charge in [0.25, 0.3) is 0 Å². The number of imidazole rings is 1. The third-order valence-electron chi connectivity index (χ3n) is 5.22. The maximum Gasteiger partial charge on any atom is 0.165 e. The summed E-state index contributed by atoms with van der Waals surface area (Å²) in [6.07, 6.45) is 3.67. The lowest BCUT2D eigenvalue weighted by molar-refractivity contribution is -0.00993. The van der Waals surface area contributed by atoms with Crippen molar-refractivity contribution in [1.29, 1.82) is 0 Å². The van der Waals surface area contributed by atoms with Crippen molar-refractivity contribution in [3.05, 3.63) is 53.1 Å². The van der Waals surface area contributed by atoms with Crippen molar-refractivity contribution < 1.29 is 9.84 Å². The molecular weight excluding hydrogens is 346 g/mol. The Balaban J connectivity index is 1.58. The molecule has 1 aliphatic rings. The number of aryl methyl sites for hydroxylation is 2. The van der Waals surface area contributed by atoms with E-state index in [4.69, 9.17) is 4.74 Å². The Kier molecular flexibility index (Phi) is 4.67. The van der Waals surface area contributed by atoms with E-state index in [2.05, 4.69) is 20.1 Å². The molecule has 140 valence electrons. The van der Waals surface area contributed by atoms with Crippen LogP contribution in [0.15, 0.2) is 42.1 Å². The topological polar surface area (TPSA) is 102 Å². The predicted molar refractivity (Wildman–Crippen MR) is 99.4 cm³/mol. The van der Waals surface area contributed by atoms with Gasteiger partial charge >= 0.3 is 0 Å². The summed E-state index contributed by atoms with van der Waals surface area (Å²) in [5, 5.41) is 13.1. The van der Waals surface area contributed by atoms with E-state index in [0.29, 0.717) is 17.8 Å². The molecule has 0 amide bonds. The van der Waals surface area contributed by atoms with Gasteiger partial charge in [-0.25, -0.2) is 15.0 Å². The normalized spacial score (nSPS) is 25.1. The number of nitroso groups, excluding NO2 is 1. The second kappa shape index (κ2) is 7.13. The molecule has 8 nitrogen and oxygen atoms in total. The van der Waals surface area contributed by atoms with Crippen molar-refractivity contribution in [2.24, 2.45) is 11.1 Å². The van der Waals surface area contributed by atoms with Crippen LogP contribution in [0.5, 0.6) is 0 Å². The first kappa shape index (κ1) is 17.7.